The first-order valence-electron chi connectivity index (χ1n) is 16.2. The highest BCUT2D eigenvalue weighted by molar-refractivity contribution is 6.06. The summed E-state index contributed by atoms with van der Waals surface area (Å²) in [7, 11) is 0. The number of aliphatic hydroxyl groups excluding tert-OH is 1. The molecule has 2 saturated heterocycles. The number of imidazole rings is 1. The van der Waals surface area contributed by atoms with Crippen molar-refractivity contribution in [2.75, 3.05) is 0 Å². The fourth-order valence-electron chi connectivity index (χ4n) is 6.24. The van der Waals surface area contributed by atoms with Gasteiger partial charge in [0.1, 0.15) is 12.6 Å². The second-order valence-electron chi connectivity index (χ2n) is 12.3. The van der Waals surface area contributed by atoms with Gasteiger partial charge in [0.05, 0.1) is 55.7 Å². The molecule has 4 aromatic carbocycles. The Bertz CT molecular complexity index is 1930. The lowest BCUT2D eigenvalue weighted by Crippen LogP contribution is -2.41. The number of imide groups is 1. The van der Waals surface area contributed by atoms with Gasteiger partial charge in [0.25, 0.3) is 5.91 Å². The van der Waals surface area contributed by atoms with Crippen molar-refractivity contribution in [3.8, 4) is 0 Å². The molecule has 2 aliphatic rings. The number of amides is 3. The average molecular weight is 661 g/mol. The minimum Gasteiger partial charge on any atom is -0.445 e. The van der Waals surface area contributed by atoms with Crippen LogP contribution in [0.5, 0.6) is 0 Å². The van der Waals surface area contributed by atoms with Crippen LogP contribution in [-0.4, -0.2) is 49.6 Å². The Morgan fingerprint density at radius 2 is 1.57 bits per heavy atom. The van der Waals surface area contributed by atoms with E-state index in [1.165, 1.54) is 0 Å². The van der Waals surface area contributed by atoms with Gasteiger partial charge in [0, 0.05) is 12.0 Å². The molecule has 2 aliphatic heterocycles. The summed E-state index contributed by atoms with van der Waals surface area (Å²) in [4.78, 5) is 43.9. The number of hydrogen-bond acceptors (Lipinski definition) is 8. The Balaban J connectivity index is 1.02. The zero-order valence-corrected chi connectivity index (χ0v) is 26.7. The van der Waals surface area contributed by atoms with E-state index in [1.807, 2.05) is 109 Å². The predicted molar refractivity (Wildman–Crippen MR) is 178 cm³/mol. The summed E-state index contributed by atoms with van der Waals surface area (Å²) in [5.74, 6) is -0.846. The van der Waals surface area contributed by atoms with Gasteiger partial charge in [-0.15, -0.1) is 0 Å². The molecule has 7 rings (SSSR count). The van der Waals surface area contributed by atoms with E-state index < -0.39 is 24.3 Å². The number of carbonyl (C=O) groups excluding carboxylic acids is 3. The normalized spacial score (nSPS) is 20.9. The zero-order valence-electron chi connectivity index (χ0n) is 26.7. The van der Waals surface area contributed by atoms with Crippen LogP contribution in [0, 0.1) is 0 Å². The van der Waals surface area contributed by atoms with Crippen LogP contribution in [-0.2, 0) is 50.1 Å². The number of rotatable bonds is 10. The standard InChI is InChI=1S/C38H36N4O7/c43-22-26-12-14-28(15-13-26)34-18-30(21-41-24-39-31-8-4-5-9-33(31)41)48-37(49-34)29-16-10-25(11-17-29)20-42-35(44)19-32(36(42)45)40-38(46)47-23-27-6-2-1-3-7-27/h1-17,24,30,32,34,37,43H,18-23H2,(H,40,46). The number of carbonyl (C=O) groups is 3. The molecule has 1 aromatic heterocycles. The van der Waals surface area contributed by atoms with E-state index in [2.05, 4.69) is 14.9 Å². The lowest BCUT2D eigenvalue weighted by molar-refractivity contribution is -0.252. The van der Waals surface area contributed by atoms with Gasteiger partial charge in [-0.25, -0.2) is 9.78 Å². The molecule has 49 heavy (non-hydrogen) atoms. The van der Waals surface area contributed by atoms with Gasteiger partial charge in [-0.2, -0.15) is 0 Å². The van der Waals surface area contributed by atoms with Crippen LogP contribution in [0.4, 0.5) is 4.79 Å². The molecule has 11 heteroatoms. The second kappa shape index (κ2) is 14.4. The first-order valence-corrected chi connectivity index (χ1v) is 16.2. The molecule has 4 unspecified atom stereocenters. The number of hydrogen-bond donors (Lipinski definition) is 2. The molecular formula is C38H36N4O7. The van der Waals surface area contributed by atoms with Crippen LogP contribution < -0.4 is 5.32 Å². The van der Waals surface area contributed by atoms with E-state index in [-0.39, 0.29) is 44.3 Å². The Labute approximate surface area is 283 Å². The van der Waals surface area contributed by atoms with Crippen LogP contribution >= 0.6 is 0 Å². The zero-order chi connectivity index (χ0) is 33.7. The summed E-state index contributed by atoms with van der Waals surface area (Å²) in [6.07, 6.45) is 0.444. The van der Waals surface area contributed by atoms with Crippen LogP contribution in [0.3, 0.4) is 0 Å². The van der Waals surface area contributed by atoms with Crippen molar-refractivity contribution >= 4 is 28.9 Å². The Morgan fingerprint density at radius 3 is 2.35 bits per heavy atom. The third-order valence-electron chi connectivity index (χ3n) is 8.88. The largest absolute Gasteiger partial charge is 0.445 e. The maximum atomic E-state index is 13.1. The molecule has 4 atom stereocenters. The Morgan fingerprint density at radius 1 is 0.857 bits per heavy atom. The van der Waals surface area contributed by atoms with E-state index >= 15 is 0 Å². The molecule has 250 valence electrons. The highest BCUT2D eigenvalue weighted by Crippen LogP contribution is 2.39. The van der Waals surface area contributed by atoms with Gasteiger partial charge in [-0.1, -0.05) is 91.0 Å². The number of ether oxygens (including phenoxy) is 3. The van der Waals surface area contributed by atoms with Crippen molar-refractivity contribution in [2.24, 2.45) is 0 Å². The van der Waals surface area contributed by atoms with E-state index in [0.717, 1.165) is 43.8 Å². The van der Waals surface area contributed by atoms with E-state index in [1.54, 1.807) is 0 Å². The minimum atomic E-state index is -0.980. The number of likely N-dealkylation sites (tertiary alicyclic amines) is 1. The number of aromatic nitrogens is 2. The summed E-state index contributed by atoms with van der Waals surface area (Å²) in [5, 5.41) is 12.1. The average Bonchev–Trinajstić information content (AvgIpc) is 3.66. The smallest absolute Gasteiger partial charge is 0.408 e. The number of alkyl carbamates (subject to hydrolysis) is 1. The fraction of sp³-hybridized carbons (Fsp3) is 0.263. The summed E-state index contributed by atoms with van der Waals surface area (Å²) in [5.41, 5.74) is 6.10. The molecule has 11 nitrogen and oxygen atoms in total. The van der Waals surface area contributed by atoms with E-state index in [4.69, 9.17) is 14.2 Å². The number of nitrogens with zero attached hydrogens (tertiary/aromatic N) is 3. The maximum absolute atomic E-state index is 13.1. The predicted octanol–water partition coefficient (Wildman–Crippen LogP) is 5.33. The first-order chi connectivity index (χ1) is 23.9. The SMILES string of the molecule is O=C(NC1CC(=O)N(Cc2ccc(C3OC(Cn4cnc5ccccc54)CC(c4ccc(CO)cc4)O3)cc2)C1=O)OCc1ccccc1. The van der Waals surface area contributed by atoms with E-state index in [0.29, 0.717) is 13.0 Å². The molecule has 2 fully saturated rings. The van der Waals surface area contributed by atoms with Crippen LogP contribution in [0.1, 0.15) is 53.1 Å². The Kier molecular flexibility index (Phi) is 9.47. The van der Waals surface area contributed by atoms with E-state index in [9.17, 15) is 19.5 Å². The van der Waals surface area contributed by atoms with Crippen molar-refractivity contribution in [1.82, 2.24) is 19.8 Å². The molecule has 2 N–H and O–H groups in total. The first kappa shape index (κ1) is 32.2. The second-order valence-corrected chi connectivity index (χ2v) is 12.3. The summed E-state index contributed by atoms with van der Waals surface area (Å²) in [6.45, 7) is 0.673. The summed E-state index contributed by atoms with van der Waals surface area (Å²) in [6, 6.07) is 31.4. The van der Waals surface area contributed by atoms with Gasteiger partial charge < -0.3 is 29.2 Å². The third-order valence-corrected chi connectivity index (χ3v) is 8.88. The van der Waals surface area contributed by atoms with Gasteiger partial charge >= 0.3 is 6.09 Å². The molecule has 0 radical (unpaired) electrons. The van der Waals surface area contributed by atoms with Gasteiger partial charge in [-0.3, -0.25) is 14.5 Å². The monoisotopic (exact) mass is 660 g/mol. The van der Waals surface area contributed by atoms with Gasteiger partial charge in [0.2, 0.25) is 5.91 Å². The molecule has 0 bridgehead atoms. The minimum absolute atomic E-state index is 0.0344. The highest BCUT2D eigenvalue weighted by atomic mass is 16.7. The topological polar surface area (TPSA) is 132 Å². The number of para-hydroxylation sites is 2. The molecule has 0 aliphatic carbocycles. The quantitative estimate of drug-likeness (QED) is 0.192. The number of nitrogens with one attached hydrogen (secondary N) is 1. The molecular weight excluding hydrogens is 624 g/mol. The lowest BCUT2D eigenvalue weighted by Gasteiger charge is -2.36. The number of benzene rings is 4. The van der Waals surface area contributed by atoms with Crippen molar-refractivity contribution in [3.05, 3.63) is 137 Å². The Hall–Kier alpha value is -5.36. The van der Waals surface area contributed by atoms with Gasteiger partial charge in [0.15, 0.2) is 6.29 Å². The highest BCUT2D eigenvalue weighted by Gasteiger charge is 2.40. The molecule has 3 heterocycles. The lowest BCUT2D eigenvalue weighted by atomic mass is 9.99. The summed E-state index contributed by atoms with van der Waals surface area (Å²) < 4.78 is 20.3. The van der Waals surface area contributed by atoms with Crippen molar-refractivity contribution in [2.45, 2.75) is 63.7 Å². The molecule has 3 amide bonds. The van der Waals surface area contributed by atoms with Crippen molar-refractivity contribution < 1.29 is 33.7 Å². The van der Waals surface area contributed by atoms with Crippen LogP contribution in [0.15, 0.2) is 109 Å². The van der Waals surface area contributed by atoms with Crippen molar-refractivity contribution in [3.63, 3.8) is 0 Å². The fourth-order valence-corrected chi connectivity index (χ4v) is 6.24. The van der Waals surface area contributed by atoms with Crippen LogP contribution in [0.25, 0.3) is 11.0 Å². The third kappa shape index (κ3) is 7.39. The molecule has 0 saturated carbocycles. The molecule has 0 spiro atoms. The maximum Gasteiger partial charge on any atom is 0.408 e. The molecule has 5 aromatic rings. The van der Waals surface area contributed by atoms with Crippen LogP contribution in [0.2, 0.25) is 0 Å². The summed E-state index contributed by atoms with van der Waals surface area (Å²) >= 11 is 0. The van der Waals surface area contributed by atoms with Gasteiger partial charge in [-0.05, 0) is 34.4 Å². The number of aliphatic hydroxyl groups is 1. The number of fused-ring (bicyclic) bond motifs is 1. The van der Waals surface area contributed by atoms with Crippen molar-refractivity contribution in [1.29, 1.82) is 0 Å².